The Hall–Kier alpha value is -2.13. The van der Waals surface area contributed by atoms with Crippen molar-refractivity contribution in [2.24, 2.45) is 11.8 Å². The molecule has 9 heteroatoms. The van der Waals surface area contributed by atoms with Crippen LogP contribution in [-0.4, -0.2) is 38.1 Å². The Kier molecular flexibility index (Phi) is 4.62. The number of fused-ring (bicyclic) bond motifs is 2. The van der Waals surface area contributed by atoms with E-state index < -0.39 is 39.9 Å². The summed E-state index contributed by atoms with van der Waals surface area (Å²) < 4.78 is 42.0. The maximum absolute atomic E-state index is 15.4. The van der Waals surface area contributed by atoms with Gasteiger partial charge in [0.05, 0.1) is 0 Å². The molecule has 152 valence electrons. The summed E-state index contributed by atoms with van der Waals surface area (Å²) in [4.78, 5) is 11.5. The second kappa shape index (κ2) is 6.73. The van der Waals surface area contributed by atoms with Gasteiger partial charge in [0.2, 0.25) is 0 Å². The normalized spacial score (nSPS) is 28.6. The highest BCUT2D eigenvalue weighted by Gasteiger charge is 2.40. The first kappa shape index (κ1) is 19.2. The lowest BCUT2D eigenvalue weighted by Gasteiger charge is -2.44. The summed E-state index contributed by atoms with van der Waals surface area (Å²) in [5, 5.41) is 13.7. The minimum Gasteiger partial charge on any atom is -0.506 e. The molecule has 7 nitrogen and oxygen atoms in total. The predicted molar refractivity (Wildman–Crippen MR) is 103 cm³/mol. The number of carbonyl (C=O) groups excluding carboxylic acids is 1. The van der Waals surface area contributed by atoms with Crippen molar-refractivity contribution in [2.45, 2.75) is 45.2 Å². The largest absolute Gasteiger partial charge is 0.506 e. The Balaban J connectivity index is 1.74. The molecule has 0 spiro atoms. The third kappa shape index (κ3) is 3.16. The average Bonchev–Trinajstić information content (AvgIpc) is 2.87. The summed E-state index contributed by atoms with van der Waals surface area (Å²) in [6, 6.07) is 3.08. The number of nitrogens with one attached hydrogen (secondary N) is 2. The van der Waals surface area contributed by atoms with E-state index in [1.54, 1.807) is 4.72 Å². The Morgan fingerprint density at radius 2 is 2.07 bits per heavy atom. The molecule has 28 heavy (non-hydrogen) atoms. The van der Waals surface area contributed by atoms with E-state index in [-0.39, 0.29) is 17.5 Å². The van der Waals surface area contributed by atoms with Crippen LogP contribution in [0.5, 0.6) is 5.75 Å². The second-order valence-electron chi connectivity index (χ2n) is 8.15. The molecule has 2 fully saturated rings. The van der Waals surface area contributed by atoms with Crippen molar-refractivity contribution >= 4 is 27.4 Å². The highest BCUT2D eigenvalue weighted by Crippen LogP contribution is 2.43. The Morgan fingerprint density at radius 1 is 1.32 bits per heavy atom. The number of carbonyl (C=O) groups is 1. The average molecular weight is 409 g/mol. The van der Waals surface area contributed by atoms with E-state index in [0.717, 1.165) is 24.8 Å². The lowest BCUT2D eigenvalue weighted by molar-refractivity contribution is -0.117. The van der Waals surface area contributed by atoms with Gasteiger partial charge in [-0.1, -0.05) is 19.9 Å². The van der Waals surface area contributed by atoms with E-state index in [2.05, 4.69) is 25.2 Å². The number of halogens is 1. The predicted octanol–water partition coefficient (Wildman–Crippen LogP) is 1.89. The summed E-state index contributed by atoms with van der Waals surface area (Å²) >= 11 is 0. The van der Waals surface area contributed by atoms with Crippen LogP contribution >= 0.6 is 0 Å². The Morgan fingerprint density at radius 3 is 2.64 bits per heavy atom. The molecule has 2 bridgehead atoms. The van der Waals surface area contributed by atoms with Crippen LogP contribution < -0.4 is 14.3 Å². The highest BCUT2D eigenvalue weighted by atomic mass is 32.2. The fourth-order valence-electron chi connectivity index (χ4n) is 4.51. The summed E-state index contributed by atoms with van der Waals surface area (Å²) in [7, 11) is -4.22. The van der Waals surface area contributed by atoms with Crippen molar-refractivity contribution in [3.63, 3.8) is 0 Å². The molecule has 3 N–H and O–H groups in total. The molecule has 4 aliphatic rings. The van der Waals surface area contributed by atoms with Crippen LogP contribution in [0.3, 0.4) is 0 Å². The molecule has 2 saturated heterocycles. The Labute approximate surface area is 163 Å². The van der Waals surface area contributed by atoms with Crippen LogP contribution in [0.25, 0.3) is 5.57 Å². The number of aromatic hydroxyl groups is 1. The number of anilines is 1. The van der Waals surface area contributed by atoms with Gasteiger partial charge in [-0.05, 0) is 48.8 Å². The summed E-state index contributed by atoms with van der Waals surface area (Å²) in [6.45, 7) is 3.79. The van der Waals surface area contributed by atoms with Gasteiger partial charge in [0.25, 0.3) is 5.91 Å². The van der Waals surface area contributed by atoms with Crippen LogP contribution in [0.1, 0.15) is 38.7 Å². The maximum Gasteiger partial charge on any atom is 0.326 e. The SMILES string of the molecule is CC(C)CC1NC2CCC1C=C2c1ccc(O)c(N2CC(=O)NS2(=O)=O)c1F. The van der Waals surface area contributed by atoms with E-state index in [4.69, 9.17) is 0 Å². The van der Waals surface area contributed by atoms with Crippen LogP contribution in [0.15, 0.2) is 18.2 Å². The number of hydrogen-bond acceptors (Lipinski definition) is 5. The number of piperidine rings is 1. The second-order valence-corrected chi connectivity index (χ2v) is 9.75. The van der Waals surface area contributed by atoms with Crippen molar-refractivity contribution in [1.82, 2.24) is 10.0 Å². The number of hydrogen-bond donors (Lipinski definition) is 3. The van der Waals surface area contributed by atoms with Gasteiger partial charge >= 0.3 is 10.2 Å². The zero-order valence-electron chi connectivity index (χ0n) is 15.8. The Bertz CT molecular complexity index is 960. The third-order valence-corrected chi connectivity index (χ3v) is 7.07. The fraction of sp³-hybridized carbons (Fsp3) is 0.526. The first-order valence-corrected chi connectivity index (χ1v) is 10.9. The third-order valence-electron chi connectivity index (χ3n) is 5.69. The number of phenols is 1. The minimum absolute atomic E-state index is 0.0180. The summed E-state index contributed by atoms with van der Waals surface area (Å²) in [5.74, 6) is -1.28. The van der Waals surface area contributed by atoms with Gasteiger partial charge in [0, 0.05) is 17.6 Å². The van der Waals surface area contributed by atoms with Crippen LogP contribution in [0.2, 0.25) is 0 Å². The van der Waals surface area contributed by atoms with Crippen molar-refractivity contribution < 1.29 is 22.7 Å². The van der Waals surface area contributed by atoms with Crippen molar-refractivity contribution in [1.29, 1.82) is 0 Å². The number of amides is 1. The monoisotopic (exact) mass is 409 g/mol. The number of nitrogens with zero attached hydrogens (tertiary/aromatic N) is 1. The van der Waals surface area contributed by atoms with E-state index in [9.17, 15) is 18.3 Å². The summed E-state index contributed by atoms with van der Waals surface area (Å²) in [6.07, 6.45) is 5.03. The highest BCUT2D eigenvalue weighted by molar-refractivity contribution is 7.92. The van der Waals surface area contributed by atoms with Crippen LogP contribution in [0.4, 0.5) is 10.1 Å². The quantitative estimate of drug-likeness (QED) is 0.705. The molecule has 3 aliphatic heterocycles. The van der Waals surface area contributed by atoms with Gasteiger partial charge in [-0.15, -0.1) is 0 Å². The van der Waals surface area contributed by atoms with Crippen molar-refractivity contribution in [3.05, 3.63) is 29.6 Å². The first-order chi connectivity index (χ1) is 13.2. The smallest absolute Gasteiger partial charge is 0.326 e. The molecule has 0 saturated carbocycles. The molecular formula is C19H24FN3O4S. The molecule has 5 rings (SSSR count). The number of rotatable bonds is 4. The van der Waals surface area contributed by atoms with Gasteiger partial charge in [0.15, 0.2) is 5.82 Å². The standard InChI is InChI=1S/C19H24FN3O4S/c1-10(2)7-15-11-3-5-14(21-15)13(8-11)12-4-6-16(24)19(18(12)20)23-9-17(25)22-28(23,26)27/h4,6,8,10-11,14-15,21,24H,3,5,7,9H2,1-2H3,(H,22,25). The lowest BCUT2D eigenvalue weighted by Crippen LogP contribution is -2.51. The summed E-state index contributed by atoms with van der Waals surface area (Å²) in [5.41, 5.74) is 0.551. The molecule has 0 aromatic heterocycles. The lowest BCUT2D eigenvalue weighted by atomic mass is 9.73. The molecule has 1 aromatic carbocycles. The zero-order valence-corrected chi connectivity index (χ0v) is 16.6. The number of phenolic OH excluding ortho intramolecular Hbond substituents is 1. The number of benzene rings is 1. The maximum atomic E-state index is 15.4. The fourth-order valence-corrected chi connectivity index (χ4v) is 5.67. The molecule has 3 heterocycles. The molecule has 3 atom stereocenters. The van der Waals surface area contributed by atoms with Crippen LogP contribution in [-0.2, 0) is 15.0 Å². The van der Waals surface area contributed by atoms with Crippen molar-refractivity contribution in [3.8, 4) is 5.75 Å². The zero-order chi connectivity index (χ0) is 20.2. The molecule has 3 unspecified atom stereocenters. The van der Waals surface area contributed by atoms with E-state index >= 15 is 4.39 Å². The van der Waals surface area contributed by atoms with Gasteiger partial charge in [-0.2, -0.15) is 8.42 Å². The van der Waals surface area contributed by atoms with Crippen molar-refractivity contribution in [2.75, 3.05) is 10.8 Å². The van der Waals surface area contributed by atoms with E-state index in [1.165, 1.54) is 12.1 Å². The first-order valence-electron chi connectivity index (χ1n) is 9.50. The van der Waals surface area contributed by atoms with Gasteiger partial charge < -0.3 is 10.4 Å². The molecular weight excluding hydrogens is 385 g/mol. The molecule has 1 aromatic rings. The van der Waals surface area contributed by atoms with E-state index in [0.29, 0.717) is 16.3 Å². The minimum atomic E-state index is -4.22. The van der Waals surface area contributed by atoms with E-state index in [1.807, 2.05) is 0 Å². The molecule has 1 amide bonds. The van der Waals surface area contributed by atoms with Gasteiger partial charge in [-0.3, -0.25) is 4.79 Å². The van der Waals surface area contributed by atoms with Crippen LogP contribution in [0, 0.1) is 17.7 Å². The van der Waals surface area contributed by atoms with Gasteiger partial charge in [-0.25, -0.2) is 13.4 Å². The molecule has 0 radical (unpaired) electrons. The van der Waals surface area contributed by atoms with Gasteiger partial charge in [0.1, 0.15) is 18.0 Å². The molecule has 1 aliphatic carbocycles. The topological polar surface area (TPSA) is 98.7 Å².